The van der Waals surface area contributed by atoms with Crippen molar-refractivity contribution in [1.29, 1.82) is 0 Å². The van der Waals surface area contributed by atoms with Crippen LogP contribution in [0.1, 0.15) is 11.1 Å². The van der Waals surface area contributed by atoms with Gasteiger partial charge in [-0.2, -0.15) is 0 Å². The van der Waals surface area contributed by atoms with Crippen LogP contribution in [-0.2, 0) is 0 Å². The first-order chi connectivity index (χ1) is 7.58. The maximum atomic E-state index is 9.83. The molecule has 0 heterocycles. The molecule has 2 nitrogen and oxygen atoms in total. The maximum Gasteiger partial charge on any atom is 0.127 e. The summed E-state index contributed by atoms with van der Waals surface area (Å²) in [5.74, 6) is 0.201. The Morgan fingerprint density at radius 2 is 1.50 bits per heavy atom. The summed E-state index contributed by atoms with van der Waals surface area (Å²) in [6, 6.07) is 10.9. The number of aromatic hydroxyl groups is 2. The van der Waals surface area contributed by atoms with Crippen molar-refractivity contribution >= 4 is 0 Å². The van der Waals surface area contributed by atoms with Crippen LogP contribution in [0.5, 0.6) is 11.5 Å². The van der Waals surface area contributed by atoms with Gasteiger partial charge in [-0.05, 0) is 31.0 Å². The van der Waals surface area contributed by atoms with Gasteiger partial charge in [-0.15, -0.1) is 0 Å². The van der Waals surface area contributed by atoms with Crippen LogP contribution >= 0.6 is 0 Å². The molecule has 0 unspecified atom stereocenters. The second kappa shape index (κ2) is 3.89. The summed E-state index contributed by atoms with van der Waals surface area (Å²) in [5, 5.41) is 19.2. The van der Waals surface area contributed by atoms with E-state index in [1.54, 1.807) is 6.07 Å². The number of rotatable bonds is 1. The maximum absolute atomic E-state index is 9.83. The fourth-order valence-electron chi connectivity index (χ4n) is 1.85. The Labute approximate surface area is 94.8 Å². The number of hydrogen-bond donors (Lipinski definition) is 2. The van der Waals surface area contributed by atoms with Crippen molar-refractivity contribution in [2.24, 2.45) is 0 Å². The zero-order chi connectivity index (χ0) is 11.7. The highest BCUT2D eigenvalue weighted by Gasteiger charge is 2.09. The standard InChI is InChI=1S/C14H14O2/c1-9-3-5-11(6-4-9)14-10(2)7-12(15)8-13(14)16/h3-8,15-16H,1-2H3. The molecule has 0 radical (unpaired) electrons. The van der Waals surface area contributed by atoms with Crippen molar-refractivity contribution in [2.45, 2.75) is 13.8 Å². The van der Waals surface area contributed by atoms with Crippen molar-refractivity contribution in [1.82, 2.24) is 0 Å². The molecule has 0 saturated carbocycles. The fourth-order valence-corrected chi connectivity index (χ4v) is 1.85. The Hall–Kier alpha value is -1.96. The highest BCUT2D eigenvalue weighted by molar-refractivity contribution is 5.74. The first-order valence-electron chi connectivity index (χ1n) is 5.17. The summed E-state index contributed by atoms with van der Waals surface area (Å²) in [6.07, 6.45) is 0. The minimum Gasteiger partial charge on any atom is -0.508 e. The van der Waals surface area contributed by atoms with Gasteiger partial charge in [0.05, 0.1) is 0 Å². The van der Waals surface area contributed by atoms with Crippen LogP contribution in [0.3, 0.4) is 0 Å². The van der Waals surface area contributed by atoms with Crippen LogP contribution in [0, 0.1) is 13.8 Å². The molecular formula is C14H14O2. The largest absolute Gasteiger partial charge is 0.508 e. The third-order valence-electron chi connectivity index (χ3n) is 2.64. The normalized spacial score (nSPS) is 10.4. The Morgan fingerprint density at radius 1 is 0.875 bits per heavy atom. The van der Waals surface area contributed by atoms with E-state index in [2.05, 4.69) is 0 Å². The van der Waals surface area contributed by atoms with Crippen molar-refractivity contribution in [3.63, 3.8) is 0 Å². The van der Waals surface area contributed by atoms with Gasteiger partial charge in [0.25, 0.3) is 0 Å². The lowest BCUT2D eigenvalue weighted by Crippen LogP contribution is -1.85. The molecule has 0 aromatic heterocycles. The lowest BCUT2D eigenvalue weighted by atomic mass is 9.98. The molecule has 82 valence electrons. The van der Waals surface area contributed by atoms with Crippen LogP contribution in [0.4, 0.5) is 0 Å². The van der Waals surface area contributed by atoms with Gasteiger partial charge in [0, 0.05) is 11.6 Å². The van der Waals surface area contributed by atoms with Crippen LogP contribution in [0.15, 0.2) is 36.4 Å². The first-order valence-corrected chi connectivity index (χ1v) is 5.17. The van der Waals surface area contributed by atoms with Crippen LogP contribution in [-0.4, -0.2) is 10.2 Å². The van der Waals surface area contributed by atoms with E-state index >= 15 is 0 Å². The molecule has 0 saturated heterocycles. The predicted molar refractivity (Wildman–Crippen MR) is 64.7 cm³/mol. The third kappa shape index (κ3) is 1.87. The SMILES string of the molecule is Cc1ccc(-c2c(C)cc(O)cc2O)cc1. The molecule has 2 aromatic rings. The van der Waals surface area contributed by atoms with E-state index in [1.165, 1.54) is 11.6 Å². The average Bonchev–Trinajstić information content (AvgIpc) is 2.19. The molecule has 0 aliphatic rings. The number of phenolic OH excluding ortho intramolecular Hbond substituents is 2. The van der Waals surface area contributed by atoms with Crippen molar-refractivity contribution in [2.75, 3.05) is 0 Å². The quantitative estimate of drug-likeness (QED) is 0.764. The Bertz CT molecular complexity index is 490. The lowest BCUT2D eigenvalue weighted by molar-refractivity contribution is 0.451. The van der Waals surface area contributed by atoms with Crippen LogP contribution in [0.25, 0.3) is 11.1 Å². The lowest BCUT2D eigenvalue weighted by Gasteiger charge is -2.09. The third-order valence-corrected chi connectivity index (χ3v) is 2.64. The second-order valence-electron chi connectivity index (χ2n) is 4.02. The number of benzene rings is 2. The van der Waals surface area contributed by atoms with E-state index in [-0.39, 0.29) is 11.5 Å². The highest BCUT2D eigenvalue weighted by atomic mass is 16.3. The van der Waals surface area contributed by atoms with Gasteiger partial charge in [-0.3, -0.25) is 0 Å². The highest BCUT2D eigenvalue weighted by Crippen LogP contribution is 2.35. The summed E-state index contributed by atoms with van der Waals surface area (Å²) in [4.78, 5) is 0. The summed E-state index contributed by atoms with van der Waals surface area (Å²) >= 11 is 0. The first kappa shape index (κ1) is 10.6. The molecule has 0 amide bonds. The molecule has 0 fully saturated rings. The monoisotopic (exact) mass is 214 g/mol. The van der Waals surface area contributed by atoms with E-state index in [9.17, 15) is 10.2 Å². The van der Waals surface area contributed by atoms with Gasteiger partial charge in [0.15, 0.2) is 0 Å². The van der Waals surface area contributed by atoms with Gasteiger partial charge in [0.2, 0.25) is 0 Å². The zero-order valence-corrected chi connectivity index (χ0v) is 9.36. The molecule has 0 aliphatic heterocycles. The smallest absolute Gasteiger partial charge is 0.127 e. The average molecular weight is 214 g/mol. The Morgan fingerprint density at radius 3 is 2.06 bits per heavy atom. The fraction of sp³-hybridized carbons (Fsp3) is 0.143. The van der Waals surface area contributed by atoms with E-state index in [4.69, 9.17) is 0 Å². The van der Waals surface area contributed by atoms with Crippen molar-refractivity contribution < 1.29 is 10.2 Å². The number of phenols is 2. The van der Waals surface area contributed by atoms with Gasteiger partial charge in [0.1, 0.15) is 11.5 Å². The molecule has 0 aliphatic carbocycles. The molecule has 0 bridgehead atoms. The molecular weight excluding hydrogens is 200 g/mol. The summed E-state index contributed by atoms with van der Waals surface area (Å²) in [5.41, 5.74) is 3.78. The predicted octanol–water partition coefficient (Wildman–Crippen LogP) is 3.38. The van der Waals surface area contributed by atoms with Crippen LogP contribution < -0.4 is 0 Å². The molecule has 0 spiro atoms. The summed E-state index contributed by atoms with van der Waals surface area (Å²) < 4.78 is 0. The minimum atomic E-state index is 0.0888. The molecule has 2 aromatic carbocycles. The number of hydrogen-bond acceptors (Lipinski definition) is 2. The van der Waals surface area contributed by atoms with Gasteiger partial charge in [-0.1, -0.05) is 29.8 Å². The topological polar surface area (TPSA) is 40.5 Å². The summed E-state index contributed by atoms with van der Waals surface area (Å²) in [7, 11) is 0. The Kier molecular flexibility index (Phi) is 2.57. The van der Waals surface area contributed by atoms with Gasteiger partial charge < -0.3 is 10.2 Å². The van der Waals surface area contributed by atoms with Crippen LogP contribution in [0.2, 0.25) is 0 Å². The molecule has 2 rings (SSSR count). The molecule has 16 heavy (non-hydrogen) atoms. The minimum absolute atomic E-state index is 0.0888. The van der Waals surface area contributed by atoms with Crippen molar-refractivity contribution in [3.05, 3.63) is 47.5 Å². The number of aryl methyl sites for hydroxylation is 2. The van der Waals surface area contributed by atoms with Crippen molar-refractivity contribution in [3.8, 4) is 22.6 Å². The molecule has 2 N–H and O–H groups in total. The van der Waals surface area contributed by atoms with Gasteiger partial charge in [-0.25, -0.2) is 0 Å². The second-order valence-corrected chi connectivity index (χ2v) is 4.02. The Balaban J connectivity index is 2.60. The molecule has 0 atom stereocenters. The summed E-state index contributed by atoms with van der Waals surface area (Å²) in [6.45, 7) is 3.89. The van der Waals surface area contributed by atoms with E-state index in [1.807, 2.05) is 38.1 Å². The van der Waals surface area contributed by atoms with E-state index in [0.717, 1.165) is 16.7 Å². The zero-order valence-electron chi connectivity index (χ0n) is 9.36. The molecule has 2 heteroatoms. The van der Waals surface area contributed by atoms with Gasteiger partial charge >= 0.3 is 0 Å². The van der Waals surface area contributed by atoms with E-state index < -0.39 is 0 Å². The van der Waals surface area contributed by atoms with E-state index in [0.29, 0.717) is 0 Å².